The molecule has 0 aliphatic carbocycles. The SMILES string of the molecule is CCc1ccc(Oc2ccc(C=CC(=O)O)cc2C)cc1. The first-order chi connectivity index (χ1) is 10.1. The lowest BCUT2D eigenvalue weighted by Gasteiger charge is -2.10. The van der Waals surface area contributed by atoms with E-state index in [1.165, 1.54) is 5.56 Å². The van der Waals surface area contributed by atoms with Gasteiger partial charge in [0, 0.05) is 6.08 Å². The lowest BCUT2D eigenvalue weighted by Crippen LogP contribution is -1.90. The lowest BCUT2D eigenvalue weighted by molar-refractivity contribution is -0.131. The minimum Gasteiger partial charge on any atom is -0.478 e. The largest absolute Gasteiger partial charge is 0.478 e. The highest BCUT2D eigenvalue weighted by molar-refractivity contribution is 5.85. The van der Waals surface area contributed by atoms with Crippen LogP contribution in [-0.2, 0) is 11.2 Å². The first kappa shape index (κ1) is 14.9. The van der Waals surface area contributed by atoms with Crippen LogP contribution >= 0.6 is 0 Å². The van der Waals surface area contributed by atoms with Gasteiger partial charge >= 0.3 is 5.97 Å². The molecule has 0 aromatic heterocycles. The Labute approximate surface area is 124 Å². The number of carboxylic acid groups (broad SMARTS) is 1. The van der Waals surface area contributed by atoms with E-state index in [2.05, 4.69) is 19.1 Å². The molecular formula is C18H18O3. The Bertz CT molecular complexity index is 655. The second-order valence-electron chi connectivity index (χ2n) is 4.80. The molecule has 0 fully saturated rings. The fourth-order valence-electron chi connectivity index (χ4n) is 1.98. The average molecular weight is 282 g/mol. The summed E-state index contributed by atoms with van der Waals surface area (Å²) in [5.41, 5.74) is 3.07. The van der Waals surface area contributed by atoms with E-state index >= 15 is 0 Å². The fraction of sp³-hybridized carbons (Fsp3) is 0.167. The van der Waals surface area contributed by atoms with Crippen LogP contribution in [0.3, 0.4) is 0 Å². The molecule has 2 aromatic rings. The molecule has 0 aliphatic rings. The summed E-state index contributed by atoms with van der Waals surface area (Å²) in [6.45, 7) is 4.05. The van der Waals surface area contributed by atoms with Gasteiger partial charge < -0.3 is 9.84 Å². The molecule has 0 aliphatic heterocycles. The van der Waals surface area contributed by atoms with Crippen LogP contribution in [0.2, 0.25) is 0 Å². The normalized spacial score (nSPS) is 10.8. The summed E-state index contributed by atoms with van der Waals surface area (Å²) in [5.74, 6) is 0.611. The zero-order chi connectivity index (χ0) is 15.2. The zero-order valence-corrected chi connectivity index (χ0v) is 12.2. The van der Waals surface area contributed by atoms with Crippen LogP contribution < -0.4 is 4.74 Å². The Kier molecular flexibility index (Phi) is 4.77. The molecule has 2 rings (SSSR count). The Morgan fingerprint density at radius 2 is 1.90 bits per heavy atom. The van der Waals surface area contributed by atoms with Crippen molar-refractivity contribution < 1.29 is 14.6 Å². The minimum atomic E-state index is -0.955. The monoisotopic (exact) mass is 282 g/mol. The Balaban J connectivity index is 2.14. The third-order valence-corrected chi connectivity index (χ3v) is 3.18. The second-order valence-corrected chi connectivity index (χ2v) is 4.80. The first-order valence-electron chi connectivity index (χ1n) is 6.87. The maximum Gasteiger partial charge on any atom is 0.328 e. The summed E-state index contributed by atoms with van der Waals surface area (Å²) in [6.07, 6.45) is 3.69. The highest BCUT2D eigenvalue weighted by Crippen LogP contribution is 2.26. The molecule has 21 heavy (non-hydrogen) atoms. The van der Waals surface area contributed by atoms with Crippen molar-refractivity contribution in [1.82, 2.24) is 0 Å². The summed E-state index contributed by atoms with van der Waals surface area (Å²) >= 11 is 0. The molecule has 2 aromatic carbocycles. The molecule has 0 saturated heterocycles. The van der Waals surface area contributed by atoms with Crippen LogP contribution in [0.15, 0.2) is 48.5 Å². The Morgan fingerprint density at radius 3 is 2.48 bits per heavy atom. The van der Waals surface area contributed by atoms with E-state index in [0.29, 0.717) is 0 Å². The van der Waals surface area contributed by atoms with E-state index in [1.54, 1.807) is 6.08 Å². The number of carbonyl (C=O) groups is 1. The van der Waals surface area contributed by atoms with Crippen molar-refractivity contribution in [2.24, 2.45) is 0 Å². The standard InChI is InChI=1S/C18H18O3/c1-3-14-4-8-16(9-5-14)21-17-10-6-15(12-13(17)2)7-11-18(19)20/h4-12H,3H2,1-2H3,(H,19,20). The lowest BCUT2D eigenvalue weighted by atomic mass is 10.1. The predicted molar refractivity (Wildman–Crippen MR) is 83.7 cm³/mol. The summed E-state index contributed by atoms with van der Waals surface area (Å²) in [4.78, 5) is 10.5. The van der Waals surface area contributed by atoms with Gasteiger partial charge in [0.1, 0.15) is 11.5 Å². The van der Waals surface area contributed by atoms with E-state index in [1.807, 2.05) is 37.3 Å². The number of aryl methyl sites for hydroxylation is 2. The van der Waals surface area contributed by atoms with Crippen molar-refractivity contribution in [3.63, 3.8) is 0 Å². The van der Waals surface area contributed by atoms with Gasteiger partial charge in [-0.15, -0.1) is 0 Å². The predicted octanol–water partition coefficient (Wildman–Crippen LogP) is 4.45. The number of aliphatic carboxylic acids is 1. The van der Waals surface area contributed by atoms with Gasteiger partial charge in [-0.2, -0.15) is 0 Å². The van der Waals surface area contributed by atoms with Crippen LogP contribution in [0.4, 0.5) is 0 Å². The van der Waals surface area contributed by atoms with Gasteiger partial charge in [-0.1, -0.05) is 25.1 Å². The molecule has 0 unspecified atom stereocenters. The van der Waals surface area contributed by atoms with Crippen LogP contribution in [0, 0.1) is 6.92 Å². The van der Waals surface area contributed by atoms with Gasteiger partial charge in [-0.05, 0) is 60.4 Å². The number of ether oxygens (including phenoxy) is 1. The topological polar surface area (TPSA) is 46.5 Å². The smallest absolute Gasteiger partial charge is 0.328 e. The van der Waals surface area contributed by atoms with Crippen LogP contribution in [0.5, 0.6) is 11.5 Å². The van der Waals surface area contributed by atoms with E-state index < -0.39 is 5.97 Å². The molecule has 0 bridgehead atoms. The molecule has 0 radical (unpaired) electrons. The maximum atomic E-state index is 10.5. The third-order valence-electron chi connectivity index (χ3n) is 3.18. The fourth-order valence-corrected chi connectivity index (χ4v) is 1.98. The van der Waals surface area contributed by atoms with Gasteiger partial charge in [0.05, 0.1) is 0 Å². The van der Waals surface area contributed by atoms with E-state index in [-0.39, 0.29) is 0 Å². The van der Waals surface area contributed by atoms with Gasteiger partial charge in [0.2, 0.25) is 0 Å². The van der Waals surface area contributed by atoms with Crippen molar-refractivity contribution in [3.8, 4) is 11.5 Å². The highest BCUT2D eigenvalue weighted by Gasteiger charge is 2.02. The maximum absolute atomic E-state index is 10.5. The molecule has 1 N–H and O–H groups in total. The molecule has 0 spiro atoms. The summed E-state index contributed by atoms with van der Waals surface area (Å²) in [5, 5.41) is 8.62. The summed E-state index contributed by atoms with van der Waals surface area (Å²) in [7, 11) is 0. The minimum absolute atomic E-state index is 0.770. The van der Waals surface area contributed by atoms with Crippen molar-refractivity contribution >= 4 is 12.0 Å². The number of rotatable bonds is 5. The van der Waals surface area contributed by atoms with E-state index in [4.69, 9.17) is 9.84 Å². The number of hydrogen-bond acceptors (Lipinski definition) is 2. The Morgan fingerprint density at radius 1 is 1.19 bits per heavy atom. The van der Waals surface area contributed by atoms with Crippen molar-refractivity contribution in [3.05, 3.63) is 65.2 Å². The third kappa shape index (κ3) is 4.21. The zero-order valence-electron chi connectivity index (χ0n) is 12.2. The number of benzene rings is 2. The molecule has 108 valence electrons. The molecule has 3 nitrogen and oxygen atoms in total. The van der Waals surface area contributed by atoms with Gasteiger partial charge in [-0.25, -0.2) is 4.79 Å². The van der Waals surface area contributed by atoms with Crippen LogP contribution in [0.1, 0.15) is 23.6 Å². The quantitative estimate of drug-likeness (QED) is 0.824. The summed E-state index contributed by atoms with van der Waals surface area (Å²) in [6, 6.07) is 13.6. The van der Waals surface area contributed by atoms with Crippen molar-refractivity contribution in [1.29, 1.82) is 0 Å². The first-order valence-corrected chi connectivity index (χ1v) is 6.87. The second kappa shape index (κ2) is 6.75. The van der Waals surface area contributed by atoms with Crippen molar-refractivity contribution in [2.45, 2.75) is 20.3 Å². The highest BCUT2D eigenvalue weighted by atomic mass is 16.5. The average Bonchev–Trinajstić information content (AvgIpc) is 2.48. The molecule has 3 heteroatoms. The van der Waals surface area contributed by atoms with E-state index in [0.717, 1.165) is 35.1 Å². The Hall–Kier alpha value is -2.55. The molecule has 0 amide bonds. The summed E-state index contributed by atoms with van der Waals surface area (Å²) < 4.78 is 5.85. The molecule has 0 atom stereocenters. The van der Waals surface area contributed by atoms with Gasteiger partial charge in [0.15, 0.2) is 0 Å². The molecule has 0 heterocycles. The number of carboxylic acids is 1. The van der Waals surface area contributed by atoms with Crippen LogP contribution in [0.25, 0.3) is 6.08 Å². The van der Waals surface area contributed by atoms with Gasteiger partial charge in [-0.3, -0.25) is 0 Å². The van der Waals surface area contributed by atoms with E-state index in [9.17, 15) is 4.79 Å². The van der Waals surface area contributed by atoms with Crippen molar-refractivity contribution in [2.75, 3.05) is 0 Å². The molecular weight excluding hydrogens is 264 g/mol. The number of hydrogen-bond donors (Lipinski definition) is 1. The molecule has 0 saturated carbocycles. The van der Waals surface area contributed by atoms with Crippen LogP contribution in [-0.4, -0.2) is 11.1 Å². The van der Waals surface area contributed by atoms with Gasteiger partial charge in [0.25, 0.3) is 0 Å².